The summed E-state index contributed by atoms with van der Waals surface area (Å²) in [5, 5.41) is 11.1. The number of anilines is 1. The molecule has 0 saturated carbocycles. The van der Waals surface area contributed by atoms with Crippen molar-refractivity contribution in [3.05, 3.63) is 28.8 Å². The van der Waals surface area contributed by atoms with E-state index in [0.29, 0.717) is 10.7 Å². The molecule has 3 nitrogen and oxygen atoms in total. The molecule has 0 heterocycles. The third-order valence-electron chi connectivity index (χ3n) is 1.87. The van der Waals surface area contributed by atoms with E-state index < -0.39 is 6.09 Å². The van der Waals surface area contributed by atoms with E-state index in [1.165, 1.54) is 7.05 Å². The summed E-state index contributed by atoms with van der Waals surface area (Å²) < 4.78 is 0. The zero-order valence-corrected chi connectivity index (χ0v) is 8.13. The molecule has 0 bridgehead atoms. The predicted octanol–water partition coefficient (Wildman–Crippen LogP) is 2.64. The van der Waals surface area contributed by atoms with Crippen LogP contribution in [0, 0.1) is 6.92 Å². The second-order valence-corrected chi connectivity index (χ2v) is 3.12. The molecule has 1 aromatic carbocycles. The molecule has 0 aliphatic rings. The largest absolute Gasteiger partial charge is 0.457 e. The Morgan fingerprint density at radius 1 is 1.46 bits per heavy atom. The van der Waals surface area contributed by atoms with Crippen molar-refractivity contribution in [2.75, 3.05) is 11.9 Å². The van der Waals surface area contributed by atoms with Gasteiger partial charge in [0.2, 0.25) is 0 Å². The quantitative estimate of drug-likeness (QED) is 0.684. The van der Waals surface area contributed by atoms with Crippen LogP contribution in [0.25, 0.3) is 0 Å². The Morgan fingerprint density at radius 2 is 2.08 bits per heavy atom. The lowest BCUT2D eigenvalue weighted by Crippen LogP contribution is -2.23. The zero-order valence-electron chi connectivity index (χ0n) is 7.37. The van der Waals surface area contributed by atoms with Gasteiger partial charge in [0.1, 0.15) is 0 Å². The molecule has 1 amide bonds. The van der Waals surface area contributed by atoms with Gasteiger partial charge in [-0.05, 0) is 24.6 Å². The number of hydrogen-bond acceptors (Lipinski definition) is 1. The van der Waals surface area contributed by atoms with Crippen molar-refractivity contribution in [3.8, 4) is 0 Å². The average molecular weight is 199 g/mol. The van der Waals surface area contributed by atoms with Crippen LogP contribution in [0.15, 0.2) is 18.2 Å². The molecular weight excluding hydrogens is 190 g/mol. The Morgan fingerprint density at radius 3 is 2.62 bits per heavy atom. The molecule has 69 valence electrons. The molecule has 0 spiro atoms. The van der Waals surface area contributed by atoms with Crippen molar-refractivity contribution < 1.29 is 9.90 Å². The molecule has 0 N–H and O–H groups in total. The maximum atomic E-state index is 10.5. The van der Waals surface area contributed by atoms with E-state index in [4.69, 9.17) is 11.6 Å². The van der Waals surface area contributed by atoms with Crippen molar-refractivity contribution in [2.45, 2.75) is 6.92 Å². The van der Waals surface area contributed by atoms with Gasteiger partial charge >= 0.3 is 6.09 Å². The maximum absolute atomic E-state index is 10.5. The summed E-state index contributed by atoms with van der Waals surface area (Å²) in [6.45, 7) is 1.76. The summed E-state index contributed by atoms with van der Waals surface area (Å²) in [5.74, 6) is 0. The van der Waals surface area contributed by atoms with Crippen molar-refractivity contribution >= 4 is 23.4 Å². The number of benzene rings is 1. The van der Waals surface area contributed by atoms with Crippen LogP contribution in [0.3, 0.4) is 0 Å². The number of rotatable bonds is 1. The number of carbonyl (C=O) groups excluding carboxylic acids is 1. The fourth-order valence-corrected chi connectivity index (χ4v) is 1.23. The smallest absolute Gasteiger partial charge is 0.278 e. The average Bonchev–Trinajstić information content (AvgIpc) is 2.08. The molecule has 1 aromatic rings. The Labute approximate surface area is 81.5 Å². The number of nitrogens with zero attached hydrogens (tertiary/aromatic N) is 1. The zero-order chi connectivity index (χ0) is 10.0. The van der Waals surface area contributed by atoms with Crippen molar-refractivity contribution in [1.82, 2.24) is 0 Å². The van der Waals surface area contributed by atoms with Crippen molar-refractivity contribution in [3.63, 3.8) is 0 Å². The van der Waals surface area contributed by atoms with Gasteiger partial charge in [-0.25, -0.2) is 9.90 Å². The van der Waals surface area contributed by atoms with Gasteiger partial charge in [-0.1, -0.05) is 17.7 Å². The molecule has 4 heteroatoms. The summed E-state index contributed by atoms with van der Waals surface area (Å²) in [6.07, 6.45) is -1.25. The van der Waals surface area contributed by atoms with E-state index in [0.717, 1.165) is 10.5 Å². The van der Waals surface area contributed by atoms with E-state index >= 15 is 0 Å². The van der Waals surface area contributed by atoms with Gasteiger partial charge in [0.15, 0.2) is 0 Å². The lowest BCUT2D eigenvalue weighted by atomic mass is 10.2. The predicted molar refractivity (Wildman–Crippen MR) is 50.7 cm³/mol. The summed E-state index contributed by atoms with van der Waals surface area (Å²) in [4.78, 5) is 11.6. The van der Waals surface area contributed by atoms with Crippen LogP contribution in [-0.2, 0) is 5.11 Å². The van der Waals surface area contributed by atoms with Gasteiger partial charge in [0.25, 0.3) is 0 Å². The van der Waals surface area contributed by atoms with E-state index in [1.807, 2.05) is 0 Å². The van der Waals surface area contributed by atoms with Gasteiger partial charge in [-0.2, -0.15) is 0 Å². The molecule has 13 heavy (non-hydrogen) atoms. The fourth-order valence-electron chi connectivity index (χ4n) is 1.06. The van der Waals surface area contributed by atoms with Gasteiger partial charge < -0.3 is 0 Å². The first-order chi connectivity index (χ1) is 6.04. The Hall–Kier alpha value is -1.22. The van der Waals surface area contributed by atoms with E-state index in [-0.39, 0.29) is 0 Å². The van der Waals surface area contributed by atoms with Crippen LogP contribution in [-0.4, -0.2) is 13.1 Å². The highest BCUT2D eigenvalue weighted by atomic mass is 35.5. The minimum atomic E-state index is -1.25. The number of carbonyl (C=O) groups is 1. The molecule has 0 aliphatic heterocycles. The van der Waals surface area contributed by atoms with Gasteiger partial charge in [-0.15, -0.1) is 0 Å². The fraction of sp³-hybridized carbons (Fsp3) is 0.222. The number of hydrogen-bond donors (Lipinski definition) is 0. The lowest BCUT2D eigenvalue weighted by Gasteiger charge is -2.14. The highest BCUT2D eigenvalue weighted by Gasteiger charge is 2.13. The van der Waals surface area contributed by atoms with Crippen molar-refractivity contribution in [2.24, 2.45) is 0 Å². The van der Waals surface area contributed by atoms with Crippen LogP contribution in [0.4, 0.5) is 10.5 Å². The molecule has 0 fully saturated rings. The van der Waals surface area contributed by atoms with Crippen LogP contribution >= 0.6 is 11.6 Å². The standard InChI is InChI=1S/C9H9ClNO2/c1-6-7(10)4-3-5-8(6)11(2)9(12)13/h3-5H,1-2H3. The van der Waals surface area contributed by atoms with Crippen LogP contribution in [0.5, 0.6) is 0 Å². The SMILES string of the molecule is Cc1c(Cl)cccc1N(C)C([O])=O. The van der Waals surface area contributed by atoms with Crippen LogP contribution in [0.1, 0.15) is 5.56 Å². The molecule has 1 rings (SSSR count). The first kappa shape index (κ1) is 9.86. The summed E-state index contributed by atoms with van der Waals surface area (Å²) in [7, 11) is 1.42. The normalized spacial score (nSPS) is 9.77. The van der Waals surface area contributed by atoms with E-state index in [1.54, 1.807) is 25.1 Å². The minimum absolute atomic E-state index is 0.547. The summed E-state index contributed by atoms with van der Waals surface area (Å²) >= 11 is 5.82. The minimum Gasteiger partial charge on any atom is -0.278 e. The van der Waals surface area contributed by atoms with E-state index in [2.05, 4.69) is 0 Å². The van der Waals surface area contributed by atoms with Gasteiger partial charge in [-0.3, -0.25) is 4.90 Å². The Kier molecular flexibility index (Phi) is 2.78. The highest BCUT2D eigenvalue weighted by molar-refractivity contribution is 6.31. The third-order valence-corrected chi connectivity index (χ3v) is 2.28. The second kappa shape index (κ2) is 3.66. The Balaban J connectivity index is 3.15. The lowest BCUT2D eigenvalue weighted by molar-refractivity contribution is 0.178. The second-order valence-electron chi connectivity index (χ2n) is 2.71. The van der Waals surface area contributed by atoms with Gasteiger partial charge in [0, 0.05) is 12.1 Å². The van der Waals surface area contributed by atoms with Gasteiger partial charge in [0.05, 0.1) is 5.69 Å². The summed E-state index contributed by atoms with van der Waals surface area (Å²) in [6, 6.07) is 5.09. The first-order valence-electron chi connectivity index (χ1n) is 3.74. The first-order valence-corrected chi connectivity index (χ1v) is 4.11. The molecular formula is C9H9ClNO2. The summed E-state index contributed by atoms with van der Waals surface area (Å²) in [5.41, 5.74) is 1.28. The molecule has 0 atom stereocenters. The van der Waals surface area contributed by atoms with Crippen LogP contribution in [0.2, 0.25) is 5.02 Å². The topological polar surface area (TPSA) is 40.2 Å². The molecule has 1 radical (unpaired) electrons. The molecule has 0 aliphatic carbocycles. The Bertz CT molecular complexity index is 338. The number of amides is 1. The molecule has 0 aromatic heterocycles. The van der Waals surface area contributed by atoms with Crippen molar-refractivity contribution in [1.29, 1.82) is 0 Å². The maximum Gasteiger partial charge on any atom is 0.457 e. The van der Waals surface area contributed by atoms with Crippen LogP contribution < -0.4 is 4.90 Å². The highest BCUT2D eigenvalue weighted by Crippen LogP contribution is 2.25. The third kappa shape index (κ3) is 1.92. The van der Waals surface area contributed by atoms with E-state index in [9.17, 15) is 9.90 Å². The number of halogens is 1. The molecule has 0 unspecified atom stereocenters. The monoisotopic (exact) mass is 198 g/mol. The molecule has 0 saturated heterocycles.